The lowest BCUT2D eigenvalue weighted by Gasteiger charge is -2.24. The van der Waals surface area contributed by atoms with Gasteiger partial charge < -0.3 is 14.3 Å². The second-order valence-electron chi connectivity index (χ2n) is 7.89. The fourth-order valence-corrected chi connectivity index (χ4v) is 4.58. The molecule has 0 spiro atoms. The molecule has 1 amide bonds. The first-order valence-corrected chi connectivity index (χ1v) is 10.4. The van der Waals surface area contributed by atoms with Gasteiger partial charge in [-0.1, -0.05) is 18.2 Å². The normalized spacial score (nSPS) is 15.6. The van der Waals surface area contributed by atoms with Crippen LogP contribution in [0.2, 0.25) is 0 Å². The monoisotopic (exact) mass is 426 g/mol. The van der Waals surface area contributed by atoms with E-state index in [1.54, 1.807) is 18.4 Å². The van der Waals surface area contributed by atoms with Gasteiger partial charge in [0.2, 0.25) is 0 Å². The number of rotatable bonds is 5. The largest absolute Gasteiger partial charge is 0.467 e. The van der Waals surface area contributed by atoms with E-state index in [4.69, 9.17) is 4.42 Å². The number of nitrogens with zero attached hydrogens (tertiary/aromatic N) is 2. The molecule has 2 N–H and O–H groups in total. The number of carbonyl (C=O) groups is 1. The molecule has 2 aromatic carbocycles. The molecule has 6 rings (SSSR count). The summed E-state index contributed by atoms with van der Waals surface area (Å²) >= 11 is 0. The van der Waals surface area contributed by atoms with Crippen LogP contribution in [0, 0.1) is 5.82 Å². The molecule has 158 valence electrons. The number of furan rings is 1. The number of amides is 1. The van der Waals surface area contributed by atoms with Gasteiger partial charge in [0.1, 0.15) is 23.3 Å². The zero-order chi connectivity index (χ0) is 21.7. The van der Waals surface area contributed by atoms with Gasteiger partial charge in [-0.05, 0) is 54.4 Å². The summed E-state index contributed by atoms with van der Waals surface area (Å²) in [5.41, 5.74) is 4.81. The van der Waals surface area contributed by atoms with Crippen molar-refractivity contribution in [3.63, 3.8) is 0 Å². The molecular weight excluding hydrogens is 407 g/mol. The second-order valence-corrected chi connectivity index (χ2v) is 7.89. The minimum absolute atomic E-state index is 0.123. The first kappa shape index (κ1) is 18.6. The van der Waals surface area contributed by atoms with Gasteiger partial charge in [0.15, 0.2) is 0 Å². The van der Waals surface area contributed by atoms with Gasteiger partial charge in [-0.3, -0.25) is 9.89 Å². The summed E-state index contributed by atoms with van der Waals surface area (Å²) in [6.07, 6.45) is 4.29. The van der Waals surface area contributed by atoms with Crippen molar-refractivity contribution in [1.29, 1.82) is 0 Å². The van der Waals surface area contributed by atoms with E-state index in [0.717, 1.165) is 27.6 Å². The summed E-state index contributed by atoms with van der Waals surface area (Å²) in [5, 5.41) is 8.46. The Balaban J connectivity index is 1.39. The molecule has 1 aliphatic heterocycles. The number of aromatic amines is 2. The SMILES string of the molecule is O=C1c2[nH]nc(-c3ccc(F)cc3)c2[C@@H](c2ccco2)N1CCc1c[nH]c2ccccc12. The molecule has 0 bridgehead atoms. The Morgan fingerprint density at radius 2 is 1.91 bits per heavy atom. The van der Waals surface area contributed by atoms with Crippen molar-refractivity contribution < 1.29 is 13.6 Å². The minimum Gasteiger partial charge on any atom is -0.467 e. The van der Waals surface area contributed by atoms with Crippen LogP contribution in [0.4, 0.5) is 4.39 Å². The predicted molar refractivity (Wildman–Crippen MR) is 118 cm³/mol. The number of aromatic nitrogens is 3. The molecule has 5 aromatic rings. The molecule has 0 unspecified atom stereocenters. The topological polar surface area (TPSA) is 77.9 Å². The lowest BCUT2D eigenvalue weighted by atomic mass is 10.00. The Morgan fingerprint density at radius 3 is 2.72 bits per heavy atom. The number of hydrogen-bond donors (Lipinski definition) is 2. The lowest BCUT2D eigenvalue weighted by molar-refractivity contribution is 0.0732. The summed E-state index contributed by atoms with van der Waals surface area (Å²) in [6.45, 7) is 0.511. The number of hydrogen-bond acceptors (Lipinski definition) is 3. The molecule has 0 fully saturated rings. The van der Waals surface area contributed by atoms with Crippen molar-refractivity contribution in [2.45, 2.75) is 12.5 Å². The van der Waals surface area contributed by atoms with Crippen LogP contribution in [0.1, 0.15) is 33.4 Å². The second kappa shape index (κ2) is 7.23. The maximum atomic E-state index is 13.5. The summed E-state index contributed by atoms with van der Waals surface area (Å²) in [5.74, 6) is 0.225. The molecule has 0 aliphatic carbocycles. The molecule has 32 heavy (non-hydrogen) atoms. The van der Waals surface area contributed by atoms with Gasteiger partial charge in [-0.25, -0.2) is 4.39 Å². The van der Waals surface area contributed by atoms with Crippen molar-refractivity contribution >= 4 is 16.8 Å². The quantitative estimate of drug-likeness (QED) is 0.412. The number of nitrogens with one attached hydrogen (secondary N) is 2. The summed E-state index contributed by atoms with van der Waals surface area (Å²) in [6, 6.07) is 17.5. The molecule has 1 aliphatic rings. The fourth-order valence-electron chi connectivity index (χ4n) is 4.58. The van der Waals surface area contributed by atoms with E-state index in [9.17, 15) is 9.18 Å². The summed E-state index contributed by atoms with van der Waals surface area (Å²) in [4.78, 5) is 18.5. The third-order valence-corrected chi connectivity index (χ3v) is 6.09. The first-order valence-electron chi connectivity index (χ1n) is 10.4. The number of benzene rings is 2. The van der Waals surface area contributed by atoms with E-state index >= 15 is 0 Å². The number of carbonyl (C=O) groups excluding carboxylic acids is 1. The van der Waals surface area contributed by atoms with Crippen LogP contribution in [0.3, 0.4) is 0 Å². The Morgan fingerprint density at radius 1 is 1.06 bits per heavy atom. The zero-order valence-corrected chi connectivity index (χ0v) is 17.0. The van der Waals surface area contributed by atoms with Gasteiger partial charge >= 0.3 is 0 Å². The van der Waals surface area contributed by atoms with Crippen molar-refractivity contribution in [3.05, 3.63) is 102 Å². The predicted octanol–water partition coefficient (Wildman–Crippen LogP) is 5.08. The van der Waals surface area contributed by atoms with Gasteiger partial charge in [0.25, 0.3) is 5.91 Å². The van der Waals surface area contributed by atoms with Crippen LogP contribution < -0.4 is 0 Å². The van der Waals surface area contributed by atoms with Crippen LogP contribution in [0.5, 0.6) is 0 Å². The number of para-hydroxylation sites is 1. The smallest absolute Gasteiger partial charge is 0.273 e. The Hall–Kier alpha value is -4.13. The maximum absolute atomic E-state index is 13.5. The third-order valence-electron chi connectivity index (χ3n) is 6.09. The molecule has 3 aromatic heterocycles. The van der Waals surface area contributed by atoms with Crippen molar-refractivity contribution in [3.8, 4) is 11.3 Å². The standard InChI is InChI=1S/C25H19FN4O2/c26-17-9-7-15(8-10-17)22-21-23(29-28-22)25(31)30(24(21)20-6-3-13-32-20)12-11-16-14-27-19-5-2-1-4-18(16)19/h1-10,13-14,24,27H,11-12H2,(H,28,29)/t24-/m1/s1. The Kier molecular flexibility index (Phi) is 4.21. The highest BCUT2D eigenvalue weighted by molar-refractivity contribution is 6.00. The van der Waals surface area contributed by atoms with Gasteiger partial charge in [0, 0.05) is 34.8 Å². The lowest BCUT2D eigenvalue weighted by Crippen LogP contribution is -2.31. The molecule has 7 heteroatoms. The third kappa shape index (κ3) is 2.85. The minimum atomic E-state index is -0.406. The number of H-pyrrole nitrogens is 2. The number of fused-ring (bicyclic) bond motifs is 2. The summed E-state index contributed by atoms with van der Waals surface area (Å²) in [7, 11) is 0. The van der Waals surface area contributed by atoms with Gasteiger partial charge in [-0.15, -0.1) is 0 Å². The van der Waals surface area contributed by atoms with Crippen LogP contribution >= 0.6 is 0 Å². The maximum Gasteiger partial charge on any atom is 0.273 e. The van der Waals surface area contributed by atoms with E-state index in [0.29, 0.717) is 30.1 Å². The van der Waals surface area contributed by atoms with E-state index in [1.165, 1.54) is 12.1 Å². The van der Waals surface area contributed by atoms with Crippen LogP contribution in [0.15, 0.2) is 77.5 Å². The molecule has 4 heterocycles. The zero-order valence-electron chi connectivity index (χ0n) is 17.0. The molecule has 6 nitrogen and oxygen atoms in total. The highest BCUT2D eigenvalue weighted by Gasteiger charge is 2.43. The first-order chi connectivity index (χ1) is 15.7. The van der Waals surface area contributed by atoms with Gasteiger partial charge in [-0.2, -0.15) is 5.10 Å². The Labute approximate surface area is 182 Å². The highest BCUT2D eigenvalue weighted by atomic mass is 19.1. The van der Waals surface area contributed by atoms with E-state index < -0.39 is 6.04 Å². The number of halogens is 1. The Bertz CT molecular complexity index is 1420. The average molecular weight is 426 g/mol. The van der Waals surface area contributed by atoms with Crippen LogP contribution in [-0.2, 0) is 6.42 Å². The van der Waals surface area contributed by atoms with Crippen molar-refractivity contribution in [2.24, 2.45) is 0 Å². The van der Waals surface area contributed by atoms with E-state index in [1.807, 2.05) is 41.4 Å². The van der Waals surface area contributed by atoms with Crippen molar-refractivity contribution in [2.75, 3.05) is 6.54 Å². The molecular formula is C25H19FN4O2. The van der Waals surface area contributed by atoms with E-state index in [-0.39, 0.29) is 11.7 Å². The van der Waals surface area contributed by atoms with Crippen LogP contribution in [-0.4, -0.2) is 32.5 Å². The van der Waals surface area contributed by atoms with Crippen LogP contribution in [0.25, 0.3) is 22.2 Å². The van der Waals surface area contributed by atoms with Crippen molar-refractivity contribution in [1.82, 2.24) is 20.1 Å². The highest BCUT2D eigenvalue weighted by Crippen LogP contribution is 2.43. The van der Waals surface area contributed by atoms with Gasteiger partial charge in [0.05, 0.1) is 12.0 Å². The summed E-state index contributed by atoms with van der Waals surface area (Å²) < 4.78 is 19.2. The molecule has 0 saturated carbocycles. The average Bonchev–Trinajstić information content (AvgIpc) is 3.59. The molecule has 0 saturated heterocycles. The molecule has 1 atom stereocenters. The molecule has 0 radical (unpaired) electrons. The fraction of sp³-hybridized carbons (Fsp3) is 0.120. The van der Waals surface area contributed by atoms with E-state index in [2.05, 4.69) is 21.2 Å².